The Morgan fingerprint density at radius 2 is 1.42 bits per heavy atom. The maximum absolute atomic E-state index is 11.8. The zero-order valence-corrected chi connectivity index (χ0v) is 16.5. The number of carboxylic acids is 2. The molecule has 0 aliphatic carbocycles. The van der Waals surface area contributed by atoms with E-state index in [-0.39, 0.29) is 11.1 Å². The average Bonchev–Trinajstić information content (AvgIpc) is 2.61. The van der Waals surface area contributed by atoms with Crippen molar-refractivity contribution in [2.75, 3.05) is 0 Å². The van der Waals surface area contributed by atoms with Gasteiger partial charge in [0.15, 0.2) is 0 Å². The van der Waals surface area contributed by atoms with Crippen molar-refractivity contribution in [2.24, 2.45) is 5.92 Å². The highest BCUT2D eigenvalue weighted by atomic mass is 16.4. The molecule has 0 radical (unpaired) electrons. The molecule has 0 fully saturated rings. The number of carboxylic acid groups (broad SMARTS) is 2. The Labute approximate surface area is 157 Å². The summed E-state index contributed by atoms with van der Waals surface area (Å²) in [7, 11) is 0. The van der Waals surface area contributed by atoms with Gasteiger partial charge in [0.2, 0.25) is 0 Å². The summed E-state index contributed by atoms with van der Waals surface area (Å²) in [6, 6.07) is 2.95. The first kappa shape index (κ1) is 22.2. The summed E-state index contributed by atoms with van der Waals surface area (Å²) in [6.07, 6.45) is 9.73. The van der Waals surface area contributed by atoms with E-state index >= 15 is 0 Å². The number of benzene rings is 1. The monoisotopic (exact) mass is 362 g/mol. The third-order valence-electron chi connectivity index (χ3n) is 5.21. The van der Waals surface area contributed by atoms with Crippen LogP contribution in [-0.2, 0) is 12.8 Å². The zero-order valence-electron chi connectivity index (χ0n) is 16.5. The van der Waals surface area contributed by atoms with E-state index in [1.807, 2.05) is 0 Å². The molecule has 1 unspecified atom stereocenters. The van der Waals surface area contributed by atoms with Crippen molar-refractivity contribution in [1.82, 2.24) is 0 Å². The van der Waals surface area contributed by atoms with Crippen LogP contribution in [-0.4, -0.2) is 22.2 Å². The Bertz CT molecular complexity index is 592. The van der Waals surface area contributed by atoms with Gasteiger partial charge in [-0.05, 0) is 48.4 Å². The maximum atomic E-state index is 11.8. The lowest BCUT2D eigenvalue weighted by molar-refractivity contribution is 0.0678. The highest BCUT2D eigenvalue weighted by molar-refractivity contribution is 5.95. The number of aromatic carboxylic acids is 2. The number of hydrogen-bond acceptors (Lipinski definition) is 2. The van der Waals surface area contributed by atoms with Crippen molar-refractivity contribution in [3.05, 3.63) is 34.4 Å². The smallest absolute Gasteiger partial charge is 0.335 e. The number of hydrogen-bond donors (Lipinski definition) is 2. The summed E-state index contributed by atoms with van der Waals surface area (Å²) in [5.74, 6) is -1.53. The fourth-order valence-electron chi connectivity index (χ4n) is 3.57. The van der Waals surface area contributed by atoms with Gasteiger partial charge in [-0.25, -0.2) is 9.59 Å². The molecule has 146 valence electrons. The van der Waals surface area contributed by atoms with Gasteiger partial charge in [-0.2, -0.15) is 0 Å². The third-order valence-corrected chi connectivity index (χ3v) is 5.21. The van der Waals surface area contributed by atoms with Gasteiger partial charge in [-0.15, -0.1) is 0 Å². The average molecular weight is 363 g/mol. The molecule has 0 spiro atoms. The Morgan fingerprint density at radius 1 is 0.846 bits per heavy atom. The topological polar surface area (TPSA) is 74.6 Å². The number of rotatable bonds is 13. The molecule has 0 aliphatic rings. The summed E-state index contributed by atoms with van der Waals surface area (Å²) in [5.41, 5.74) is 2.03. The molecule has 0 aliphatic heterocycles. The molecule has 1 rings (SSSR count). The van der Waals surface area contributed by atoms with Gasteiger partial charge < -0.3 is 10.2 Å². The minimum absolute atomic E-state index is 0.270. The van der Waals surface area contributed by atoms with Crippen LogP contribution in [0.25, 0.3) is 0 Å². The normalized spacial score (nSPS) is 12.1. The summed E-state index contributed by atoms with van der Waals surface area (Å²) in [6.45, 7) is 6.42. The van der Waals surface area contributed by atoms with Crippen molar-refractivity contribution in [3.63, 3.8) is 0 Å². The molecular formula is C22H34O4. The molecule has 0 amide bonds. The van der Waals surface area contributed by atoms with Gasteiger partial charge in [0.1, 0.15) is 0 Å². The van der Waals surface area contributed by atoms with E-state index in [4.69, 9.17) is 0 Å². The van der Waals surface area contributed by atoms with Gasteiger partial charge in [0, 0.05) is 0 Å². The quantitative estimate of drug-likeness (QED) is 0.424. The van der Waals surface area contributed by atoms with Crippen molar-refractivity contribution < 1.29 is 19.8 Å². The van der Waals surface area contributed by atoms with E-state index in [2.05, 4.69) is 20.8 Å². The highest BCUT2D eigenvalue weighted by Crippen LogP contribution is 2.28. The predicted octanol–water partition coefficient (Wildman–Crippen LogP) is 5.96. The fourth-order valence-corrected chi connectivity index (χ4v) is 3.57. The molecular weight excluding hydrogens is 328 g/mol. The summed E-state index contributed by atoms with van der Waals surface area (Å²) >= 11 is 0. The van der Waals surface area contributed by atoms with E-state index in [0.717, 1.165) is 62.5 Å². The second-order valence-electron chi connectivity index (χ2n) is 7.16. The van der Waals surface area contributed by atoms with Crippen LogP contribution in [0.3, 0.4) is 0 Å². The van der Waals surface area contributed by atoms with E-state index in [9.17, 15) is 19.8 Å². The van der Waals surface area contributed by atoms with Crippen LogP contribution in [0.1, 0.15) is 104 Å². The Morgan fingerprint density at radius 3 is 1.92 bits per heavy atom. The Balaban J connectivity index is 3.27. The lowest BCUT2D eigenvalue weighted by atomic mass is 9.84. The molecule has 0 heterocycles. The number of carbonyl (C=O) groups is 2. The second-order valence-corrected chi connectivity index (χ2v) is 7.16. The summed E-state index contributed by atoms with van der Waals surface area (Å²) < 4.78 is 0. The highest BCUT2D eigenvalue weighted by Gasteiger charge is 2.22. The van der Waals surface area contributed by atoms with Crippen molar-refractivity contribution in [2.45, 2.75) is 85.0 Å². The first-order valence-electron chi connectivity index (χ1n) is 10.1. The van der Waals surface area contributed by atoms with E-state index in [0.29, 0.717) is 18.8 Å². The van der Waals surface area contributed by atoms with Crippen molar-refractivity contribution in [3.8, 4) is 0 Å². The molecule has 1 aromatic carbocycles. The minimum atomic E-state index is -0.963. The molecule has 1 aromatic rings. The molecule has 4 heteroatoms. The molecule has 1 atom stereocenters. The SMILES string of the molecule is CCCCCCc1c(C(=O)O)ccc(C(=O)O)c1CC(CC)CCCC. The van der Waals surface area contributed by atoms with E-state index in [1.165, 1.54) is 12.1 Å². The van der Waals surface area contributed by atoms with E-state index in [1.54, 1.807) is 0 Å². The van der Waals surface area contributed by atoms with Gasteiger partial charge in [-0.3, -0.25) is 0 Å². The van der Waals surface area contributed by atoms with Crippen LogP contribution in [0.5, 0.6) is 0 Å². The lowest BCUT2D eigenvalue weighted by Crippen LogP contribution is -2.15. The largest absolute Gasteiger partial charge is 0.478 e. The van der Waals surface area contributed by atoms with Crippen LogP contribution in [0.15, 0.2) is 12.1 Å². The maximum Gasteiger partial charge on any atom is 0.335 e. The first-order valence-corrected chi connectivity index (χ1v) is 10.1. The fraction of sp³-hybridized carbons (Fsp3) is 0.636. The van der Waals surface area contributed by atoms with Gasteiger partial charge in [-0.1, -0.05) is 65.7 Å². The summed E-state index contributed by atoms with van der Waals surface area (Å²) in [4.78, 5) is 23.5. The van der Waals surface area contributed by atoms with Gasteiger partial charge >= 0.3 is 11.9 Å². The van der Waals surface area contributed by atoms with Gasteiger partial charge in [0.25, 0.3) is 0 Å². The lowest BCUT2D eigenvalue weighted by Gasteiger charge is -2.20. The van der Waals surface area contributed by atoms with E-state index < -0.39 is 11.9 Å². The molecule has 0 bridgehead atoms. The minimum Gasteiger partial charge on any atom is -0.478 e. The zero-order chi connectivity index (χ0) is 19.5. The standard InChI is InChI=1S/C22H34O4/c1-4-7-9-10-12-17-18(21(23)24)13-14-19(22(25)26)20(17)15-16(6-3)11-8-5-2/h13-14,16H,4-12,15H2,1-3H3,(H,23,24)(H,25,26). The third kappa shape index (κ3) is 6.47. The number of unbranched alkanes of at least 4 members (excludes halogenated alkanes) is 4. The molecule has 26 heavy (non-hydrogen) atoms. The second kappa shape index (κ2) is 11.7. The Kier molecular flexibility index (Phi) is 10.0. The molecule has 0 saturated carbocycles. The molecule has 0 aromatic heterocycles. The Hall–Kier alpha value is -1.84. The molecule has 2 N–H and O–H groups in total. The van der Waals surface area contributed by atoms with Crippen LogP contribution < -0.4 is 0 Å². The van der Waals surface area contributed by atoms with Crippen LogP contribution >= 0.6 is 0 Å². The molecule has 4 nitrogen and oxygen atoms in total. The van der Waals surface area contributed by atoms with Gasteiger partial charge in [0.05, 0.1) is 11.1 Å². The van der Waals surface area contributed by atoms with Crippen LogP contribution in [0.2, 0.25) is 0 Å². The van der Waals surface area contributed by atoms with Crippen molar-refractivity contribution >= 4 is 11.9 Å². The van der Waals surface area contributed by atoms with Crippen LogP contribution in [0, 0.1) is 5.92 Å². The van der Waals surface area contributed by atoms with Crippen LogP contribution in [0.4, 0.5) is 0 Å². The first-order chi connectivity index (χ1) is 12.5. The molecule has 0 saturated heterocycles. The van der Waals surface area contributed by atoms with Crippen molar-refractivity contribution in [1.29, 1.82) is 0 Å². The summed E-state index contributed by atoms with van der Waals surface area (Å²) in [5, 5.41) is 19.3. The predicted molar refractivity (Wildman–Crippen MR) is 105 cm³/mol.